The molecule has 3 aromatic rings. The van der Waals surface area contributed by atoms with Gasteiger partial charge in [0.25, 0.3) is 5.56 Å². The van der Waals surface area contributed by atoms with Gasteiger partial charge in [-0.3, -0.25) is 9.36 Å². The summed E-state index contributed by atoms with van der Waals surface area (Å²) in [6, 6.07) is 10.4. The van der Waals surface area contributed by atoms with E-state index in [4.69, 9.17) is 11.6 Å². The fraction of sp³-hybridized carbons (Fsp3) is 0.333. The van der Waals surface area contributed by atoms with Crippen LogP contribution in [0, 0.1) is 13.8 Å². The highest BCUT2D eigenvalue weighted by atomic mass is 35.5. The van der Waals surface area contributed by atoms with E-state index in [2.05, 4.69) is 4.98 Å². The van der Waals surface area contributed by atoms with E-state index in [1.807, 2.05) is 26.0 Å². The number of aryl methyl sites for hydroxylation is 2. The molecule has 2 heterocycles. The Bertz CT molecular complexity index is 1250. The number of sulfonamides is 1. The summed E-state index contributed by atoms with van der Waals surface area (Å²) in [4.78, 5) is 17.6. The fourth-order valence-electron chi connectivity index (χ4n) is 3.98. The maximum atomic E-state index is 13.1. The second-order valence-corrected chi connectivity index (χ2v) is 9.81. The van der Waals surface area contributed by atoms with E-state index in [9.17, 15) is 13.2 Å². The zero-order valence-electron chi connectivity index (χ0n) is 16.3. The van der Waals surface area contributed by atoms with Crippen LogP contribution in [0.5, 0.6) is 0 Å². The van der Waals surface area contributed by atoms with Gasteiger partial charge in [-0.15, -0.1) is 0 Å². The van der Waals surface area contributed by atoms with Gasteiger partial charge in [-0.25, -0.2) is 13.4 Å². The van der Waals surface area contributed by atoms with Crippen LogP contribution in [0.1, 0.15) is 30.0 Å². The van der Waals surface area contributed by atoms with Crippen LogP contribution in [0.15, 0.2) is 52.4 Å². The summed E-state index contributed by atoms with van der Waals surface area (Å²) < 4.78 is 29.3. The Morgan fingerprint density at radius 1 is 1.10 bits per heavy atom. The summed E-state index contributed by atoms with van der Waals surface area (Å²) in [5, 5.41) is 0.923. The zero-order valence-corrected chi connectivity index (χ0v) is 17.9. The number of nitrogens with zero attached hydrogens (tertiary/aromatic N) is 3. The van der Waals surface area contributed by atoms with Crippen LogP contribution < -0.4 is 5.56 Å². The van der Waals surface area contributed by atoms with Gasteiger partial charge in [-0.2, -0.15) is 4.31 Å². The molecule has 29 heavy (non-hydrogen) atoms. The molecule has 0 atom stereocenters. The van der Waals surface area contributed by atoms with Crippen LogP contribution in [-0.2, 0) is 10.0 Å². The van der Waals surface area contributed by atoms with Gasteiger partial charge in [-0.05, 0) is 50.5 Å². The molecule has 0 unspecified atom stereocenters. The van der Waals surface area contributed by atoms with E-state index in [0.717, 1.165) is 11.1 Å². The summed E-state index contributed by atoms with van der Waals surface area (Å²) >= 11 is 6.13. The smallest absolute Gasteiger partial charge is 0.261 e. The van der Waals surface area contributed by atoms with Gasteiger partial charge in [0.05, 0.1) is 27.1 Å². The lowest BCUT2D eigenvalue weighted by molar-refractivity contribution is 0.269. The molecule has 8 heteroatoms. The highest BCUT2D eigenvalue weighted by molar-refractivity contribution is 7.89. The molecule has 2 aromatic carbocycles. The minimum absolute atomic E-state index is 0.0936. The van der Waals surface area contributed by atoms with Gasteiger partial charge in [0.15, 0.2) is 0 Å². The van der Waals surface area contributed by atoms with Crippen molar-refractivity contribution in [3.05, 3.63) is 69.2 Å². The van der Waals surface area contributed by atoms with E-state index in [1.54, 1.807) is 28.8 Å². The number of aromatic nitrogens is 2. The minimum Gasteiger partial charge on any atom is -0.296 e. The number of fused-ring (bicyclic) bond motifs is 1. The van der Waals surface area contributed by atoms with E-state index in [1.165, 1.54) is 10.6 Å². The Hall–Kier alpha value is -2.22. The highest BCUT2D eigenvalue weighted by Gasteiger charge is 2.31. The molecule has 1 aromatic heterocycles. The van der Waals surface area contributed by atoms with Gasteiger partial charge in [0.2, 0.25) is 10.0 Å². The van der Waals surface area contributed by atoms with E-state index >= 15 is 0 Å². The summed E-state index contributed by atoms with van der Waals surface area (Å²) in [5.41, 5.74) is 2.13. The lowest BCUT2D eigenvalue weighted by Gasteiger charge is -2.32. The lowest BCUT2D eigenvalue weighted by atomic mass is 10.1. The second-order valence-electron chi connectivity index (χ2n) is 7.50. The summed E-state index contributed by atoms with van der Waals surface area (Å²) in [5.74, 6) is 0. The van der Waals surface area contributed by atoms with Crippen LogP contribution in [0.2, 0.25) is 5.02 Å². The van der Waals surface area contributed by atoms with Gasteiger partial charge in [0, 0.05) is 19.1 Å². The van der Waals surface area contributed by atoms with E-state index in [0.29, 0.717) is 46.8 Å². The van der Waals surface area contributed by atoms with Crippen LogP contribution in [0.3, 0.4) is 0 Å². The molecule has 0 N–H and O–H groups in total. The maximum absolute atomic E-state index is 13.1. The molecule has 0 bridgehead atoms. The van der Waals surface area contributed by atoms with Crippen LogP contribution in [0.4, 0.5) is 0 Å². The highest BCUT2D eigenvalue weighted by Crippen LogP contribution is 2.28. The van der Waals surface area contributed by atoms with Crippen molar-refractivity contribution in [2.75, 3.05) is 13.1 Å². The Kier molecular flexibility index (Phi) is 5.23. The average molecular weight is 432 g/mol. The van der Waals surface area contributed by atoms with Crippen LogP contribution in [0.25, 0.3) is 10.9 Å². The monoisotopic (exact) mass is 431 g/mol. The number of benzene rings is 2. The predicted octanol–water partition coefficient (Wildman–Crippen LogP) is 3.69. The van der Waals surface area contributed by atoms with E-state index < -0.39 is 10.0 Å². The molecular weight excluding hydrogens is 410 g/mol. The van der Waals surface area contributed by atoms with Crippen LogP contribution in [-0.4, -0.2) is 35.4 Å². The Labute approximate surface area is 174 Å². The number of para-hydroxylation sites is 1. The fourth-order valence-corrected chi connectivity index (χ4v) is 5.88. The maximum Gasteiger partial charge on any atom is 0.261 e. The van der Waals surface area contributed by atoms with Gasteiger partial charge in [-0.1, -0.05) is 35.4 Å². The van der Waals surface area contributed by atoms with Crippen molar-refractivity contribution in [2.45, 2.75) is 37.6 Å². The molecule has 0 aliphatic carbocycles. The van der Waals surface area contributed by atoms with E-state index in [-0.39, 0.29) is 11.6 Å². The van der Waals surface area contributed by atoms with Crippen molar-refractivity contribution in [1.29, 1.82) is 0 Å². The first-order valence-electron chi connectivity index (χ1n) is 9.52. The van der Waals surface area contributed by atoms with Crippen molar-refractivity contribution in [2.24, 2.45) is 0 Å². The normalized spacial score (nSPS) is 16.4. The molecule has 0 radical (unpaired) electrons. The molecule has 1 saturated heterocycles. The summed E-state index contributed by atoms with van der Waals surface area (Å²) in [6.45, 7) is 4.48. The summed E-state index contributed by atoms with van der Waals surface area (Å²) in [7, 11) is -3.55. The molecule has 152 valence electrons. The molecule has 1 aliphatic rings. The quantitative estimate of drug-likeness (QED) is 0.634. The van der Waals surface area contributed by atoms with Crippen molar-refractivity contribution in [3.8, 4) is 0 Å². The molecule has 0 spiro atoms. The molecule has 4 rings (SSSR count). The third-order valence-corrected chi connectivity index (χ3v) is 7.89. The SMILES string of the molecule is Cc1ccc(S(=O)(=O)N2CCC(n3cnc4c(Cl)cccc4c3=O)CC2)c(C)c1. The number of hydrogen-bond donors (Lipinski definition) is 0. The first kappa shape index (κ1) is 20.1. The van der Waals surface area contributed by atoms with Crippen molar-refractivity contribution >= 4 is 32.5 Å². The van der Waals surface area contributed by atoms with Crippen LogP contribution >= 0.6 is 11.6 Å². The number of hydrogen-bond acceptors (Lipinski definition) is 4. The number of rotatable bonds is 3. The third-order valence-electron chi connectivity index (χ3n) is 5.53. The van der Waals surface area contributed by atoms with Crippen molar-refractivity contribution in [3.63, 3.8) is 0 Å². The van der Waals surface area contributed by atoms with Gasteiger partial charge >= 0.3 is 0 Å². The lowest BCUT2D eigenvalue weighted by Crippen LogP contribution is -2.41. The molecule has 0 amide bonds. The molecular formula is C21H22ClN3O3S. The van der Waals surface area contributed by atoms with Gasteiger partial charge in [0.1, 0.15) is 0 Å². The second kappa shape index (κ2) is 7.55. The average Bonchev–Trinajstić information content (AvgIpc) is 2.69. The predicted molar refractivity (Wildman–Crippen MR) is 114 cm³/mol. The third kappa shape index (κ3) is 3.58. The molecule has 0 saturated carbocycles. The Morgan fingerprint density at radius 3 is 2.52 bits per heavy atom. The first-order valence-corrected chi connectivity index (χ1v) is 11.3. The first-order chi connectivity index (χ1) is 13.8. The summed E-state index contributed by atoms with van der Waals surface area (Å²) in [6.07, 6.45) is 2.63. The minimum atomic E-state index is -3.55. The largest absolute Gasteiger partial charge is 0.296 e. The van der Waals surface area contributed by atoms with Crippen molar-refractivity contribution in [1.82, 2.24) is 13.9 Å². The Balaban J connectivity index is 1.58. The Morgan fingerprint density at radius 2 is 1.83 bits per heavy atom. The number of halogens is 1. The number of piperidine rings is 1. The zero-order chi connectivity index (χ0) is 20.8. The standard InChI is InChI=1S/C21H22ClN3O3S/c1-14-6-7-19(15(2)12-14)29(27,28)24-10-8-16(9-11-24)25-13-23-20-17(21(25)26)4-3-5-18(20)22/h3-7,12-13,16H,8-11H2,1-2H3. The topological polar surface area (TPSA) is 72.3 Å². The molecule has 1 aliphatic heterocycles. The van der Waals surface area contributed by atoms with Crippen molar-refractivity contribution < 1.29 is 8.42 Å². The molecule has 1 fully saturated rings. The van der Waals surface area contributed by atoms with Gasteiger partial charge < -0.3 is 0 Å². The molecule has 6 nitrogen and oxygen atoms in total.